The first-order valence-corrected chi connectivity index (χ1v) is 10.6. The number of hydrogen-bond donors (Lipinski definition) is 0. The van der Waals surface area contributed by atoms with Crippen molar-refractivity contribution in [1.82, 2.24) is 4.98 Å². The van der Waals surface area contributed by atoms with E-state index in [1.165, 1.54) is 11.1 Å². The van der Waals surface area contributed by atoms with Crippen molar-refractivity contribution in [2.24, 2.45) is 0 Å². The van der Waals surface area contributed by atoms with Crippen LogP contribution in [0.1, 0.15) is 0 Å². The maximum Gasteiger partial charge on any atom is 0.153 e. The predicted molar refractivity (Wildman–Crippen MR) is 132 cm³/mol. The number of nitrogens with zero attached hydrogens (tertiary/aromatic N) is 2. The highest BCUT2D eigenvalue weighted by atomic mass is 16.3. The Morgan fingerprint density at radius 3 is 1.97 bits per heavy atom. The first-order chi connectivity index (χ1) is 15.9. The fourth-order valence-corrected chi connectivity index (χ4v) is 4.18. The monoisotopic (exact) mass is 412 g/mol. The second-order valence-corrected chi connectivity index (χ2v) is 7.72. The highest BCUT2D eigenvalue weighted by Gasteiger charge is 2.15. The average Bonchev–Trinajstić information content (AvgIpc) is 3.24. The summed E-state index contributed by atoms with van der Waals surface area (Å²) in [6, 6.07) is 39.7. The molecular weight excluding hydrogens is 392 g/mol. The van der Waals surface area contributed by atoms with Crippen LogP contribution in [0, 0.1) is 0 Å². The molecule has 3 nitrogen and oxygen atoms in total. The molecule has 6 rings (SSSR count). The van der Waals surface area contributed by atoms with E-state index in [0.717, 1.165) is 39.1 Å². The van der Waals surface area contributed by atoms with Gasteiger partial charge >= 0.3 is 0 Å². The SMILES string of the molecule is c1ccc(-c2ccc(N(c3ccccc3)c3ccc4oc5cccnc5c4c3)cc2)cc1. The number of para-hydroxylation sites is 1. The van der Waals surface area contributed by atoms with Crippen LogP contribution in [0.2, 0.25) is 0 Å². The third-order valence-corrected chi connectivity index (χ3v) is 5.71. The summed E-state index contributed by atoms with van der Waals surface area (Å²) in [7, 11) is 0. The highest BCUT2D eigenvalue weighted by Crippen LogP contribution is 2.38. The summed E-state index contributed by atoms with van der Waals surface area (Å²) in [4.78, 5) is 6.81. The van der Waals surface area contributed by atoms with E-state index in [1.54, 1.807) is 6.20 Å². The topological polar surface area (TPSA) is 29.3 Å². The van der Waals surface area contributed by atoms with Gasteiger partial charge in [-0.05, 0) is 65.7 Å². The zero-order valence-corrected chi connectivity index (χ0v) is 17.3. The second kappa shape index (κ2) is 7.71. The Labute approximate surface area is 186 Å². The van der Waals surface area contributed by atoms with Gasteiger partial charge in [0, 0.05) is 28.6 Å². The van der Waals surface area contributed by atoms with Crippen LogP contribution >= 0.6 is 0 Å². The van der Waals surface area contributed by atoms with Crippen molar-refractivity contribution in [3.63, 3.8) is 0 Å². The lowest BCUT2D eigenvalue weighted by Crippen LogP contribution is -2.09. The molecule has 0 atom stereocenters. The number of rotatable bonds is 4. The van der Waals surface area contributed by atoms with Gasteiger partial charge in [0.15, 0.2) is 5.58 Å². The Kier molecular flexibility index (Phi) is 4.43. The minimum atomic E-state index is 0.804. The van der Waals surface area contributed by atoms with Gasteiger partial charge in [-0.3, -0.25) is 4.98 Å². The lowest BCUT2D eigenvalue weighted by atomic mass is 10.0. The smallest absolute Gasteiger partial charge is 0.153 e. The van der Waals surface area contributed by atoms with Crippen molar-refractivity contribution in [1.29, 1.82) is 0 Å². The number of hydrogen-bond acceptors (Lipinski definition) is 3. The number of pyridine rings is 1. The van der Waals surface area contributed by atoms with Gasteiger partial charge in [0.2, 0.25) is 0 Å². The fraction of sp³-hybridized carbons (Fsp3) is 0. The summed E-state index contributed by atoms with van der Waals surface area (Å²) in [5, 5.41) is 1.01. The summed E-state index contributed by atoms with van der Waals surface area (Å²) in [6.45, 7) is 0. The number of furan rings is 1. The van der Waals surface area contributed by atoms with Crippen LogP contribution in [-0.2, 0) is 0 Å². The molecule has 0 bridgehead atoms. The molecule has 0 fully saturated rings. The van der Waals surface area contributed by atoms with Crippen molar-refractivity contribution in [3.8, 4) is 11.1 Å². The molecule has 4 aromatic carbocycles. The molecule has 0 aliphatic rings. The van der Waals surface area contributed by atoms with Crippen molar-refractivity contribution >= 4 is 39.1 Å². The molecule has 0 saturated carbocycles. The molecule has 0 N–H and O–H groups in total. The van der Waals surface area contributed by atoms with Crippen LogP contribution in [0.5, 0.6) is 0 Å². The molecule has 0 unspecified atom stereocenters. The van der Waals surface area contributed by atoms with Gasteiger partial charge in [-0.2, -0.15) is 0 Å². The molecule has 32 heavy (non-hydrogen) atoms. The van der Waals surface area contributed by atoms with E-state index in [2.05, 4.69) is 94.8 Å². The Morgan fingerprint density at radius 1 is 0.531 bits per heavy atom. The van der Waals surface area contributed by atoms with Crippen molar-refractivity contribution in [2.75, 3.05) is 4.90 Å². The molecule has 0 aliphatic carbocycles. The summed E-state index contributed by atoms with van der Waals surface area (Å²) >= 11 is 0. The largest absolute Gasteiger partial charge is 0.454 e. The molecule has 3 heteroatoms. The fourth-order valence-electron chi connectivity index (χ4n) is 4.18. The molecule has 0 aliphatic heterocycles. The summed E-state index contributed by atoms with van der Waals surface area (Å²) < 4.78 is 5.98. The van der Waals surface area contributed by atoms with E-state index in [-0.39, 0.29) is 0 Å². The molecule has 2 heterocycles. The zero-order valence-electron chi connectivity index (χ0n) is 17.3. The van der Waals surface area contributed by atoms with Crippen LogP contribution in [0.4, 0.5) is 17.1 Å². The lowest BCUT2D eigenvalue weighted by molar-refractivity contribution is 0.668. The maximum atomic E-state index is 5.98. The Balaban J connectivity index is 1.49. The van der Waals surface area contributed by atoms with Gasteiger partial charge in [0.1, 0.15) is 11.1 Å². The standard InChI is InChI=1S/C29H20N2O/c1-3-8-21(9-4-1)22-13-15-24(16-14-22)31(23-10-5-2-6-11-23)25-17-18-27-26(20-25)29-28(32-27)12-7-19-30-29/h1-20H. The van der Waals surface area contributed by atoms with Crippen molar-refractivity contribution in [2.45, 2.75) is 0 Å². The van der Waals surface area contributed by atoms with Gasteiger partial charge in [0.25, 0.3) is 0 Å². The van der Waals surface area contributed by atoms with E-state index >= 15 is 0 Å². The second-order valence-electron chi connectivity index (χ2n) is 7.72. The molecule has 0 spiro atoms. The molecule has 0 amide bonds. The van der Waals surface area contributed by atoms with Gasteiger partial charge < -0.3 is 9.32 Å². The minimum absolute atomic E-state index is 0.804. The Morgan fingerprint density at radius 2 is 1.19 bits per heavy atom. The normalized spacial score (nSPS) is 11.1. The van der Waals surface area contributed by atoms with E-state index in [1.807, 2.05) is 30.3 Å². The third-order valence-electron chi connectivity index (χ3n) is 5.71. The van der Waals surface area contributed by atoms with Crippen LogP contribution in [0.25, 0.3) is 33.2 Å². The van der Waals surface area contributed by atoms with Crippen molar-refractivity contribution < 1.29 is 4.42 Å². The lowest BCUT2D eigenvalue weighted by Gasteiger charge is -2.25. The quantitative estimate of drug-likeness (QED) is 0.293. The van der Waals surface area contributed by atoms with E-state index < -0.39 is 0 Å². The molecule has 0 saturated heterocycles. The minimum Gasteiger partial charge on any atom is -0.454 e. The molecule has 2 aromatic heterocycles. The first-order valence-electron chi connectivity index (χ1n) is 10.6. The summed E-state index contributed by atoms with van der Waals surface area (Å²) in [6.07, 6.45) is 1.81. The van der Waals surface area contributed by atoms with Crippen LogP contribution in [0.15, 0.2) is 126 Å². The van der Waals surface area contributed by atoms with E-state index in [9.17, 15) is 0 Å². The van der Waals surface area contributed by atoms with Gasteiger partial charge in [-0.1, -0.05) is 60.7 Å². The van der Waals surface area contributed by atoms with Gasteiger partial charge in [-0.15, -0.1) is 0 Å². The molecular formula is C29H20N2O. The predicted octanol–water partition coefficient (Wildman–Crippen LogP) is 8.12. The van der Waals surface area contributed by atoms with E-state index in [0.29, 0.717) is 0 Å². The van der Waals surface area contributed by atoms with Crippen LogP contribution < -0.4 is 4.90 Å². The summed E-state index contributed by atoms with van der Waals surface area (Å²) in [5.41, 5.74) is 8.19. The number of fused-ring (bicyclic) bond motifs is 3. The van der Waals surface area contributed by atoms with Gasteiger partial charge in [-0.25, -0.2) is 0 Å². The maximum absolute atomic E-state index is 5.98. The van der Waals surface area contributed by atoms with Gasteiger partial charge in [0.05, 0.1) is 0 Å². The van der Waals surface area contributed by atoms with Crippen molar-refractivity contribution in [3.05, 3.63) is 121 Å². The van der Waals surface area contributed by atoms with Crippen LogP contribution in [-0.4, -0.2) is 4.98 Å². The average molecular weight is 412 g/mol. The number of benzene rings is 4. The first kappa shape index (κ1) is 18.4. The Bertz CT molecular complexity index is 1500. The zero-order chi connectivity index (χ0) is 21.3. The molecule has 152 valence electrons. The Hall–Kier alpha value is -4.37. The third kappa shape index (κ3) is 3.21. The summed E-state index contributed by atoms with van der Waals surface area (Å²) in [5.74, 6) is 0. The number of anilines is 3. The van der Waals surface area contributed by atoms with Crippen LogP contribution in [0.3, 0.4) is 0 Å². The molecule has 6 aromatic rings. The molecule has 0 radical (unpaired) electrons. The number of aromatic nitrogens is 1. The highest BCUT2D eigenvalue weighted by molar-refractivity contribution is 6.04. The van der Waals surface area contributed by atoms with E-state index in [4.69, 9.17) is 4.42 Å².